The second-order valence-electron chi connectivity index (χ2n) is 5.86. The van der Waals surface area contributed by atoms with E-state index in [0.717, 1.165) is 11.3 Å². The summed E-state index contributed by atoms with van der Waals surface area (Å²) in [7, 11) is 4.03. The first-order chi connectivity index (χ1) is 11.0. The Bertz CT molecular complexity index is 638. The van der Waals surface area contributed by atoms with Crippen molar-refractivity contribution in [2.75, 3.05) is 27.2 Å². The van der Waals surface area contributed by atoms with Crippen molar-refractivity contribution in [3.05, 3.63) is 51.7 Å². The van der Waals surface area contributed by atoms with Crippen molar-refractivity contribution >= 4 is 17.2 Å². The molecule has 1 atom stereocenters. The summed E-state index contributed by atoms with van der Waals surface area (Å²) < 4.78 is 5.61. The number of carbonyl (C=O) groups is 1. The van der Waals surface area contributed by atoms with Crippen molar-refractivity contribution in [3.8, 4) is 5.75 Å². The molecule has 2 rings (SSSR count). The highest BCUT2D eigenvalue weighted by Gasteiger charge is 2.16. The Balaban J connectivity index is 1.84. The van der Waals surface area contributed by atoms with E-state index in [9.17, 15) is 4.79 Å². The van der Waals surface area contributed by atoms with E-state index in [1.165, 1.54) is 10.4 Å². The Morgan fingerprint density at radius 2 is 2.09 bits per heavy atom. The van der Waals surface area contributed by atoms with E-state index >= 15 is 0 Å². The van der Waals surface area contributed by atoms with E-state index < -0.39 is 0 Å². The second kappa shape index (κ2) is 8.13. The molecular formula is C18H24N2O2S. The molecule has 1 heterocycles. The van der Waals surface area contributed by atoms with Crippen LogP contribution in [0.15, 0.2) is 35.7 Å². The number of hydrogen-bond acceptors (Lipinski definition) is 4. The third-order valence-electron chi connectivity index (χ3n) is 3.68. The van der Waals surface area contributed by atoms with Crippen molar-refractivity contribution in [2.45, 2.75) is 19.9 Å². The molecule has 1 aromatic carbocycles. The zero-order valence-electron chi connectivity index (χ0n) is 14.1. The monoisotopic (exact) mass is 332 g/mol. The summed E-state index contributed by atoms with van der Waals surface area (Å²) in [5.74, 6) is 0.654. The lowest BCUT2D eigenvalue weighted by Gasteiger charge is -2.23. The van der Waals surface area contributed by atoms with Gasteiger partial charge in [-0.25, -0.2) is 0 Å². The zero-order chi connectivity index (χ0) is 16.8. The number of ether oxygens (including phenoxy) is 1. The van der Waals surface area contributed by atoms with E-state index in [-0.39, 0.29) is 18.6 Å². The van der Waals surface area contributed by atoms with Crippen LogP contribution in [0.3, 0.4) is 0 Å². The van der Waals surface area contributed by atoms with Crippen molar-refractivity contribution < 1.29 is 9.53 Å². The van der Waals surface area contributed by atoms with Crippen molar-refractivity contribution in [1.29, 1.82) is 0 Å². The third kappa shape index (κ3) is 5.08. The molecule has 0 fully saturated rings. The van der Waals surface area contributed by atoms with Gasteiger partial charge in [0.05, 0.1) is 6.04 Å². The first kappa shape index (κ1) is 17.5. The molecule has 124 valence electrons. The van der Waals surface area contributed by atoms with Crippen LogP contribution in [0.2, 0.25) is 0 Å². The Morgan fingerprint density at radius 1 is 1.30 bits per heavy atom. The Hall–Kier alpha value is -1.85. The summed E-state index contributed by atoms with van der Waals surface area (Å²) in [6.07, 6.45) is 0. The van der Waals surface area contributed by atoms with Gasteiger partial charge in [0, 0.05) is 11.4 Å². The smallest absolute Gasteiger partial charge is 0.258 e. The maximum atomic E-state index is 12.0. The molecule has 0 aliphatic rings. The molecular weight excluding hydrogens is 308 g/mol. The van der Waals surface area contributed by atoms with Crippen molar-refractivity contribution in [3.63, 3.8) is 0 Å². The minimum absolute atomic E-state index is 0.0362. The van der Waals surface area contributed by atoms with Gasteiger partial charge in [-0.2, -0.15) is 0 Å². The molecule has 0 radical (unpaired) electrons. The highest BCUT2D eigenvalue weighted by molar-refractivity contribution is 7.10. The van der Waals surface area contributed by atoms with Crippen molar-refractivity contribution in [2.24, 2.45) is 0 Å². The molecule has 23 heavy (non-hydrogen) atoms. The molecule has 0 spiro atoms. The molecule has 0 bridgehead atoms. The number of nitrogens with one attached hydrogen (secondary N) is 1. The Morgan fingerprint density at radius 3 is 2.70 bits per heavy atom. The summed E-state index contributed by atoms with van der Waals surface area (Å²) in [6.45, 7) is 4.63. The van der Waals surface area contributed by atoms with Crippen LogP contribution in [-0.4, -0.2) is 38.1 Å². The van der Waals surface area contributed by atoms with Gasteiger partial charge in [-0.1, -0.05) is 23.8 Å². The fraction of sp³-hybridized carbons (Fsp3) is 0.389. The summed E-state index contributed by atoms with van der Waals surface area (Å²) >= 11 is 1.70. The minimum Gasteiger partial charge on any atom is -0.484 e. The van der Waals surface area contributed by atoms with Crippen LogP contribution < -0.4 is 10.1 Å². The van der Waals surface area contributed by atoms with E-state index in [1.807, 2.05) is 52.2 Å². The van der Waals surface area contributed by atoms with Crippen LogP contribution in [0.4, 0.5) is 0 Å². The molecule has 1 aromatic heterocycles. The molecule has 0 aliphatic heterocycles. The maximum Gasteiger partial charge on any atom is 0.258 e. The first-order valence-electron chi connectivity index (χ1n) is 7.64. The number of carbonyl (C=O) groups excluding carboxylic acids is 1. The van der Waals surface area contributed by atoms with E-state index in [0.29, 0.717) is 6.54 Å². The largest absolute Gasteiger partial charge is 0.484 e. The Kier molecular flexibility index (Phi) is 6.19. The fourth-order valence-electron chi connectivity index (χ4n) is 2.38. The van der Waals surface area contributed by atoms with Crippen LogP contribution in [0.5, 0.6) is 5.75 Å². The van der Waals surface area contributed by atoms with Crippen LogP contribution in [0.25, 0.3) is 0 Å². The summed E-state index contributed by atoms with van der Waals surface area (Å²) in [6, 6.07) is 10.2. The van der Waals surface area contributed by atoms with Gasteiger partial charge in [-0.3, -0.25) is 4.79 Å². The summed E-state index contributed by atoms with van der Waals surface area (Å²) in [4.78, 5) is 15.4. The summed E-state index contributed by atoms with van der Waals surface area (Å²) in [5.41, 5.74) is 2.23. The fourth-order valence-corrected chi connectivity index (χ4v) is 3.31. The summed E-state index contributed by atoms with van der Waals surface area (Å²) in [5, 5.41) is 5.01. The first-order valence-corrected chi connectivity index (χ1v) is 8.52. The average Bonchev–Trinajstić information content (AvgIpc) is 3.00. The van der Waals surface area contributed by atoms with E-state index in [1.54, 1.807) is 11.3 Å². The topological polar surface area (TPSA) is 41.6 Å². The molecule has 1 unspecified atom stereocenters. The highest BCUT2D eigenvalue weighted by Crippen LogP contribution is 2.22. The standard InChI is InChI=1S/C18H24N2O2S/c1-13-7-8-16(14(2)10-13)22-12-18(21)19-11-15(20(3)4)17-6-5-9-23-17/h5-10,15H,11-12H2,1-4H3,(H,19,21). The van der Waals surface area contributed by atoms with Crippen molar-refractivity contribution in [1.82, 2.24) is 10.2 Å². The van der Waals surface area contributed by atoms with E-state index in [2.05, 4.69) is 21.7 Å². The SMILES string of the molecule is Cc1ccc(OCC(=O)NCC(c2cccs2)N(C)C)c(C)c1. The van der Waals surface area contributed by atoms with Crippen LogP contribution in [0.1, 0.15) is 22.0 Å². The van der Waals surface area contributed by atoms with Gasteiger partial charge in [-0.05, 0) is 51.0 Å². The van der Waals surface area contributed by atoms with Gasteiger partial charge in [0.2, 0.25) is 0 Å². The van der Waals surface area contributed by atoms with Gasteiger partial charge in [0.25, 0.3) is 5.91 Å². The van der Waals surface area contributed by atoms with Crippen LogP contribution in [0, 0.1) is 13.8 Å². The predicted octanol–water partition coefficient (Wildman–Crippen LogP) is 3.16. The number of nitrogens with zero attached hydrogens (tertiary/aromatic N) is 1. The Labute approximate surface area is 142 Å². The number of hydrogen-bond donors (Lipinski definition) is 1. The van der Waals surface area contributed by atoms with Gasteiger partial charge >= 0.3 is 0 Å². The van der Waals surface area contributed by atoms with Crippen LogP contribution in [-0.2, 0) is 4.79 Å². The number of likely N-dealkylation sites (N-methyl/N-ethyl adjacent to an activating group) is 1. The zero-order valence-corrected chi connectivity index (χ0v) is 14.9. The lowest BCUT2D eigenvalue weighted by atomic mass is 10.1. The quantitative estimate of drug-likeness (QED) is 0.847. The number of amides is 1. The van der Waals surface area contributed by atoms with Gasteiger partial charge in [-0.15, -0.1) is 11.3 Å². The molecule has 4 nitrogen and oxygen atoms in total. The second-order valence-corrected chi connectivity index (χ2v) is 6.84. The predicted molar refractivity (Wildman–Crippen MR) is 95.2 cm³/mol. The molecule has 1 amide bonds. The number of rotatable bonds is 7. The molecule has 1 N–H and O–H groups in total. The lowest BCUT2D eigenvalue weighted by Crippen LogP contribution is -2.36. The maximum absolute atomic E-state index is 12.0. The molecule has 0 aliphatic carbocycles. The normalized spacial score (nSPS) is 12.2. The lowest BCUT2D eigenvalue weighted by molar-refractivity contribution is -0.123. The minimum atomic E-state index is -0.103. The number of benzene rings is 1. The molecule has 2 aromatic rings. The van der Waals surface area contributed by atoms with E-state index in [4.69, 9.17) is 4.74 Å². The highest BCUT2D eigenvalue weighted by atomic mass is 32.1. The average molecular weight is 332 g/mol. The molecule has 0 saturated carbocycles. The molecule has 5 heteroatoms. The number of thiophene rings is 1. The van der Waals surface area contributed by atoms with Crippen LogP contribution >= 0.6 is 11.3 Å². The van der Waals surface area contributed by atoms with Gasteiger partial charge < -0.3 is 15.0 Å². The molecule has 0 saturated heterocycles. The van der Waals surface area contributed by atoms with Gasteiger partial charge in [0.15, 0.2) is 6.61 Å². The third-order valence-corrected chi connectivity index (χ3v) is 4.65. The number of aryl methyl sites for hydroxylation is 2. The van der Waals surface area contributed by atoms with Gasteiger partial charge in [0.1, 0.15) is 5.75 Å².